The third-order valence-electron chi connectivity index (χ3n) is 5.47. The van der Waals surface area contributed by atoms with Gasteiger partial charge in [0.05, 0.1) is 17.5 Å². The van der Waals surface area contributed by atoms with E-state index in [2.05, 4.69) is 9.97 Å². The number of aromatic nitrogens is 3. The lowest BCUT2D eigenvalue weighted by molar-refractivity contribution is -0.225. The van der Waals surface area contributed by atoms with Crippen LogP contribution in [0, 0.1) is 0 Å². The van der Waals surface area contributed by atoms with Crippen molar-refractivity contribution in [2.75, 3.05) is 18.9 Å². The van der Waals surface area contributed by atoms with Crippen LogP contribution in [0.5, 0.6) is 0 Å². The molecule has 3 heterocycles. The molecule has 0 saturated carbocycles. The fourth-order valence-electron chi connectivity index (χ4n) is 4.01. The molecule has 0 aromatic carbocycles. The second-order valence-electron chi connectivity index (χ2n) is 8.30. The number of hydrogen-bond acceptors (Lipinski definition) is 16. The molecule has 4 N–H and O–H groups in total. The maximum absolute atomic E-state index is 13.0. The number of fused-ring (bicyclic) bond motifs is 1. The van der Waals surface area contributed by atoms with Crippen molar-refractivity contribution in [1.29, 1.82) is 0 Å². The predicted molar refractivity (Wildman–Crippen MR) is 125 cm³/mol. The molecule has 2 aromatic rings. The summed E-state index contributed by atoms with van der Waals surface area (Å²) in [7, 11) is 0. The molecule has 16 nitrogen and oxygen atoms in total. The minimum absolute atomic E-state index is 0.0131. The Bertz CT molecular complexity index is 1290. The van der Waals surface area contributed by atoms with E-state index >= 15 is 0 Å². The van der Waals surface area contributed by atoms with Gasteiger partial charge in [-0.15, -0.1) is 0 Å². The Balaban J connectivity index is 2.20. The van der Waals surface area contributed by atoms with E-state index in [0.717, 1.165) is 32.3 Å². The molecule has 38 heavy (non-hydrogen) atoms. The zero-order valence-electron chi connectivity index (χ0n) is 20.7. The van der Waals surface area contributed by atoms with Gasteiger partial charge in [-0.05, 0) is 0 Å². The molecule has 208 valence electrons. The molecule has 1 aliphatic rings. The summed E-state index contributed by atoms with van der Waals surface area (Å²) in [5.74, 6) is -3.68. The molecule has 0 radical (unpaired) electrons. The Labute approximate surface area is 218 Å². The standard InChI is InChI=1S/C21H26N4O12S/c1-8(27)33-6-13(34-9(2)28)21(32,7-26)16-14(35-10(3)29)15(36-11(4)30)18(37-16)25-17-12(38-20(25)31)5-23-19(22)24-17/h5,13-16,18,26,32H,6-7H2,1-4H3,(H2,22,23,24)/t13?,14-,15-,16+,18-,21+/m1/s1. The summed E-state index contributed by atoms with van der Waals surface area (Å²) in [6, 6.07) is 0. The zero-order chi connectivity index (χ0) is 28.4. The van der Waals surface area contributed by atoms with Gasteiger partial charge in [0.25, 0.3) is 0 Å². The molecule has 0 amide bonds. The van der Waals surface area contributed by atoms with Crippen molar-refractivity contribution in [3.05, 3.63) is 15.9 Å². The smallest absolute Gasteiger partial charge is 0.311 e. The quantitative estimate of drug-likeness (QED) is 0.233. The van der Waals surface area contributed by atoms with Gasteiger partial charge in [-0.25, -0.2) is 4.98 Å². The van der Waals surface area contributed by atoms with E-state index in [-0.39, 0.29) is 16.3 Å². The average Bonchev–Trinajstić information content (AvgIpc) is 3.31. The molecule has 1 saturated heterocycles. The van der Waals surface area contributed by atoms with Crippen LogP contribution in [0.25, 0.3) is 10.3 Å². The van der Waals surface area contributed by atoms with Crippen LogP contribution in [-0.2, 0) is 42.9 Å². The normalized spacial score (nSPS) is 23.3. The predicted octanol–water partition coefficient (Wildman–Crippen LogP) is -1.59. The second-order valence-corrected chi connectivity index (χ2v) is 9.29. The van der Waals surface area contributed by atoms with Crippen molar-refractivity contribution in [3.63, 3.8) is 0 Å². The third kappa shape index (κ3) is 5.90. The molecule has 1 aliphatic heterocycles. The van der Waals surface area contributed by atoms with Crippen molar-refractivity contribution < 1.29 is 53.1 Å². The number of nitrogens with two attached hydrogens (primary N) is 1. The van der Waals surface area contributed by atoms with Gasteiger partial charge in [0.15, 0.2) is 35.8 Å². The Morgan fingerprint density at radius 2 is 1.76 bits per heavy atom. The molecule has 1 unspecified atom stereocenters. The van der Waals surface area contributed by atoms with Crippen LogP contribution in [0.1, 0.15) is 33.9 Å². The van der Waals surface area contributed by atoms with Gasteiger partial charge in [-0.1, -0.05) is 11.3 Å². The molecule has 0 bridgehead atoms. The van der Waals surface area contributed by atoms with Gasteiger partial charge in [-0.3, -0.25) is 28.5 Å². The van der Waals surface area contributed by atoms with E-state index < -0.39 is 78.2 Å². The molecule has 0 spiro atoms. The monoisotopic (exact) mass is 558 g/mol. The number of thiazole rings is 1. The van der Waals surface area contributed by atoms with Gasteiger partial charge < -0.3 is 39.6 Å². The first-order valence-electron chi connectivity index (χ1n) is 11.1. The Hall–Kier alpha value is -3.67. The van der Waals surface area contributed by atoms with Crippen LogP contribution in [0.15, 0.2) is 11.0 Å². The first-order valence-corrected chi connectivity index (χ1v) is 11.9. The van der Waals surface area contributed by atoms with Crippen LogP contribution in [0.4, 0.5) is 5.95 Å². The Kier molecular flexibility index (Phi) is 8.65. The first-order chi connectivity index (χ1) is 17.8. The number of hydrogen-bond donors (Lipinski definition) is 3. The number of carbonyl (C=O) groups excluding carboxylic acids is 4. The summed E-state index contributed by atoms with van der Waals surface area (Å²) in [4.78, 5) is 67.5. The van der Waals surface area contributed by atoms with Gasteiger partial charge in [0, 0.05) is 27.7 Å². The van der Waals surface area contributed by atoms with E-state index in [0.29, 0.717) is 11.3 Å². The lowest BCUT2D eigenvalue weighted by Gasteiger charge is -2.39. The highest BCUT2D eigenvalue weighted by Crippen LogP contribution is 2.41. The van der Waals surface area contributed by atoms with Gasteiger partial charge in [-0.2, -0.15) is 4.98 Å². The minimum atomic E-state index is -2.61. The van der Waals surface area contributed by atoms with E-state index in [4.69, 9.17) is 29.4 Å². The van der Waals surface area contributed by atoms with Gasteiger partial charge in [0.1, 0.15) is 12.7 Å². The third-order valence-corrected chi connectivity index (χ3v) is 6.35. The zero-order valence-corrected chi connectivity index (χ0v) is 21.5. The molecule has 2 aromatic heterocycles. The lowest BCUT2D eigenvalue weighted by Crippen LogP contribution is -2.62. The lowest BCUT2D eigenvalue weighted by atomic mass is 9.87. The molecule has 6 atom stereocenters. The van der Waals surface area contributed by atoms with E-state index in [1.807, 2.05) is 0 Å². The van der Waals surface area contributed by atoms with Gasteiger partial charge >= 0.3 is 28.8 Å². The average molecular weight is 559 g/mol. The molecule has 0 aliphatic carbocycles. The van der Waals surface area contributed by atoms with Gasteiger partial charge in [0.2, 0.25) is 5.95 Å². The molecule has 1 fully saturated rings. The number of aliphatic hydroxyl groups is 2. The first kappa shape index (κ1) is 28.9. The second kappa shape index (κ2) is 11.4. The Morgan fingerprint density at radius 1 is 1.13 bits per heavy atom. The molecule has 17 heteroatoms. The van der Waals surface area contributed by atoms with Crippen LogP contribution in [-0.4, -0.2) is 91.9 Å². The van der Waals surface area contributed by atoms with Crippen molar-refractivity contribution in [2.45, 2.75) is 63.9 Å². The van der Waals surface area contributed by atoms with Crippen LogP contribution in [0.3, 0.4) is 0 Å². The largest absolute Gasteiger partial charge is 0.462 e. The highest BCUT2D eigenvalue weighted by Gasteiger charge is 2.61. The summed E-state index contributed by atoms with van der Waals surface area (Å²) in [6.07, 6.45) is -7.06. The summed E-state index contributed by atoms with van der Waals surface area (Å²) < 4.78 is 27.9. The van der Waals surface area contributed by atoms with Crippen molar-refractivity contribution in [3.8, 4) is 0 Å². The van der Waals surface area contributed by atoms with Crippen molar-refractivity contribution >= 4 is 51.5 Å². The summed E-state index contributed by atoms with van der Waals surface area (Å²) in [5, 5.41) is 21.9. The van der Waals surface area contributed by atoms with E-state index in [1.165, 1.54) is 6.20 Å². The number of carbonyl (C=O) groups is 4. The van der Waals surface area contributed by atoms with Crippen LogP contribution >= 0.6 is 11.3 Å². The number of esters is 4. The van der Waals surface area contributed by atoms with Crippen LogP contribution in [0.2, 0.25) is 0 Å². The Morgan fingerprint density at radius 3 is 2.32 bits per heavy atom. The minimum Gasteiger partial charge on any atom is -0.462 e. The fourth-order valence-corrected chi connectivity index (χ4v) is 4.83. The van der Waals surface area contributed by atoms with Crippen molar-refractivity contribution in [2.24, 2.45) is 0 Å². The summed E-state index contributed by atoms with van der Waals surface area (Å²) >= 11 is 0.711. The fraction of sp³-hybridized carbons (Fsp3) is 0.571. The molecular weight excluding hydrogens is 532 g/mol. The SMILES string of the molecule is CC(=O)OCC(OC(C)=O)[C@@](O)(CO)[C@H]1O[C@@H](n2c(=O)sc3cnc(N)nc32)[C@H](OC(C)=O)[C@H]1OC(C)=O. The molecule has 3 rings (SSSR count). The molecular formula is C21H26N4O12S. The number of nitrogen functional groups attached to an aromatic ring is 1. The topological polar surface area (TPSA) is 229 Å². The maximum atomic E-state index is 13.0. The highest BCUT2D eigenvalue weighted by molar-refractivity contribution is 7.16. The number of ether oxygens (including phenoxy) is 5. The van der Waals surface area contributed by atoms with Crippen LogP contribution < -0.4 is 10.6 Å². The summed E-state index contributed by atoms with van der Waals surface area (Å²) in [6.45, 7) is 2.23. The van der Waals surface area contributed by atoms with E-state index in [9.17, 15) is 34.2 Å². The number of anilines is 1. The number of rotatable bonds is 9. The number of aliphatic hydroxyl groups excluding tert-OH is 1. The van der Waals surface area contributed by atoms with Crippen molar-refractivity contribution in [1.82, 2.24) is 14.5 Å². The summed E-state index contributed by atoms with van der Waals surface area (Å²) in [5.41, 5.74) is 3.05. The maximum Gasteiger partial charge on any atom is 0.311 e. The number of nitrogens with zero attached hydrogens (tertiary/aromatic N) is 3. The van der Waals surface area contributed by atoms with E-state index in [1.54, 1.807) is 0 Å². The highest BCUT2D eigenvalue weighted by atomic mass is 32.1.